The van der Waals surface area contributed by atoms with E-state index in [-0.39, 0.29) is 6.73 Å². The fourth-order valence-electron chi connectivity index (χ4n) is 1.23. The Morgan fingerprint density at radius 1 is 1.44 bits per heavy atom. The van der Waals surface area contributed by atoms with Gasteiger partial charge in [0.1, 0.15) is 0 Å². The quantitative estimate of drug-likeness (QED) is 0.823. The lowest BCUT2D eigenvalue weighted by atomic mass is 10.3. The predicted octanol–water partition coefficient (Wildman–Crippen LogP) is 2.18. The Balaban J connectivity index is 1.96. The minimum Gasteiger partial charge on any atom is -0.303 e. The van der Waals surface area contributed by atoms with Gasteiger partial charge in [0.15, 0.2) is 6.73 Å². The van der Waals surface area contributed by atoms with E-state index in [0.717, 1.165) is 4.88 Å². The van der Waals surface area contributed by atoms with Crippen LogP contribution in [0.4, 0.5) is 0 Å². The number of aromatic nitrogens is 2. The third-order valence-electron chi connectivity index (χ3n) is 1.98. The van der Waals surface area contributed by atoms with Crippen LogP contribution in [0.15, 0.2) is 29.8 Å². The van der Waals surface area contributed by atoms with Crippen molar-refractivity contribution in [3.8, 4) is 0 Å². The van der Waals surface area contributed by atoms with E-state index in [9.17, 15) is 4.57 Å². The highest BCUT2D eigenvalue weighted by molar-refractivity contribution is 7.46. The van der Waals surface area contributed by atoms with Crippen LogP contribution >= 0.6 is 19.2 Å². The van der Waals surface area contributed by atoms with Gasteiger partial charge >= 0.3 is 7.82 Å². The standard InChI is InChI=1S/C10H11N2O4PS/c13-17(14,15)16-8-12-6-5-9(11-12)3-4-10-2-1-7-18-10/h1-7H,8H2,(H2,13,14,15)/b4-3+. The van der Waals surface area contributed by atoms with Crippen molar-refractivity contribution in [2.45, 2.75) is 6.73 Å². The lowest BCUT2D eigenvalue weighted by Gasteiger charge is -2.04. The molecule has 6 nitrogen and oxygen atoms in total. The van der Waals surface area contributed by atoms with Crippen LogP contribution in [-0.2, 0) is 15.8 Å². The summed E-state index contributed by atoms with van der Waals surface area (Å²) in [5.74, 6) is 0. The van der Waals surface area contributed by atoms with Crippen LogP contribution in [0.1, 0.15) is 10.6 Å². The molecule has 0 aliphatic heterocycles. The van der Waals surface area contributed by atoms with Gasteiger partial charge in [-0.1, -0.05) is 6.07 Å². The average molecular weight is 286 g/mol. The van der Waals surface area contributed by atoms with Crippen molar-refractivity contribution in [3.63, 3.8) is 0 Å². The molecule has 0 fully saturated rings. The number of rotatable bonds is 5. The monoisotopic (exact) mass is 286 g/mol. The van der Waals surface area contributed by atoms with Crippen LogP contribution in [0.2, 0.25) is 0 Å². The van der Waals surface area contributed by atoms with Crippen LogP contribution in [0.3, 0.4) is 0 Å². The first-order valence-electron chi connectivity index (χ1n) is 4.98. The third-order valence-corrected chi connectivity index (χ3v) is 3.27. The van der Waals surface area contributed by atoms with Crippen LogP contribution in [-0.4, -0.2) is 19.6 Å². The molecule has 2 aromatic heterocycles. The molecule has 0 aliphatic carbocycles. The fraction of sp³-hybridized carbons (Fsp3) is 0.100. The molecule has 0 radical (unpaired) electrons. The second-order valence-corrected chi connectivity index (χ2v) is 5.60. The van der Waals surface area contributed by atoms with E-state index < -0.39 is 7.82 Å². The number of phosphoric acid groups is 1. The van der Waals surface area contributed by atoms with Crippen molar-refractivity contribution in [2.24, 2.45) is 0 Å². The first-order chi connectivity index (χ1) is 8.53. The second kappa shape index (κ2) is 5.60. The Labute approximate surface area is 107 Å². The molecule has 18 heavy (non-hydrogen) atoms. The van der Waals surface area contributed by atoms with E-state index in [0.29, 0.717) is 5.69 Å². The van der Waals surface area contributed by atoms with Gasteiger partial charge in [-0.25, -0.2) is 9.25 Å². The molecule has 0 bridgehead atoms. The molecule has 0 saturated carbocycles. The maximum atomic E-state index is 10.5. The normalized spacial score (nSPS) is 12.3. The smallest absolute Gasteiger partial charge is 0.303 e. The van der Waals surface area contributed by atoms with E-state index in [2.05, 4.69) is 9.62 Å². The maximum absolute atomic E-state index is 10.5. The van der Waals surface area contributed by atoms with E-state index in [1.807, 2.05) is 29.7 Å². The number of phosphoric ester groups is 1. The SMILES string of the molecule is O=P(O)(O)OCn1ccc(/C=C/c2cccs2)n1. The van der Waals surface area contributed by atoms with E-state index in [4.69, 9.17) is 9.79 Å². The van der Waals surface area contributed by atoms with Gasteiger partial charge in [0.05, 0.1) is 5.69 Å². The molecule has 2 heterocycles. The third kappa shape index (κ3) is 4.21. The number of nitrogens with zero attached hydrogens (tertiary/aromatic N) is 2. The van der Waals surface area contributed by atoms with Gasteiger partial charge in [-0.3, -0.25) is 4.52 Å². The van der Waals surface area contributed by atoms with Crippen LogP contribution in [0, 0.1) is 0 Å². The number of hydrogen-bond donors (Lipinski definition) is 2. The Bertz CT molecular complexity index is 572. The lowest BCUT2D eigenvalue weighted by molar-refractivity contribution is 0.145. The van der Waals surface area contributed by atoms with E-state index in [1.165, 1.54) is 4.68 Å². The van der Waals surface area contributed by atoms with Gasteiger partial charge in [-0.2, -0.15) is 5.10 Å². The summed E-state index contributed by atoms with van der Waals surface area (Å²) in [5.41, 5.74) is 0.692. The highest BCUT2D eigenvalue weighted by Crippen LogP contribution is 2.35. The van der Waals surface area contributed by atoms with Crippen molar-refractivity contribution >= 4 is 31.3 Å². The molecule has 0 saturated heterocycles. The molecule has 0 unspecified atom stereocenters. The highest BCUT2D eigenvalue weighted by Gasteiger charge is 2.13. The minimum absolute atomic E-state index is 0.281. The Kier molecular flexibility index (Phi) is 4.11. The van der Waals surface area contributed by atoms with Gasteiger partial charge in [-0.05, 0) is 29.7 Å². The van der Waals surface area contributed by atoms with Gasteiger partial charge in [0.2, 0.25) is 0 Å². The van der Waals surface area contributed by atoms with Crippen molar-refractivity contribution in [1.82, 2.24) is 9.78 Å². The summed E-state index contributed by atoms with van der Waals surface area (Å²) in [6.07, 6.45) is 5.32. The maximum Gasteiger partial charge on any atom is 0.471 e. The van der Waals surface area contributed by atoms with Crippen molar-refractivity contribution in [3.05, 3.63) is 40.3 Å². The largest absolute Gasteiger partial charge is 0.471 e. The van der Waals surface area contributed by atoms with Crippen LogP contribution in [0.25, 0.3) is 12.2 Å². The average Bonchev–Trinajstić information content (AvgIpc) is 2.94. The Hall–Kier alpha value is -1.24. The van der Waals surface area contributed by atoms with Gasteiger partial charge < -0.3 is 9.79 Å². The Morgan fingerprint density at radius 3 is 2.94 bits per heavy atom. The summed E-state index contributed by atoms with van der Waals surface area (Å²) < 4.78 is 16.1. The highest BCUT2D eigenvalue weighted by atomic mass is 32.1. The van der Waals surface area contributed by atoms with Crippen molar-refractivity contribution in [1.29, 1.82) is 0 Å². The lowest BCUT2D eigenvalue weighted by Crippen LogP contribution is -2.01. The number of hydrogen-bond acceptors (Lipinski definition) is 4. The molecule has 0 aliphatic rings. The topological polar surface area (TPSA) is 84.6 Å². The van der Waals surface area contributed by atoms with E-state index >= 15 is 0 Å². The molecule has 0 aromatic carbocycles. The van der Waals surface area contributed by atoms with Gasteiger partial charge in [0.25, 0.3) is 0 Å². The molecule has 8 heteroatoms. The molecule has 2 rings (SSSR count). The molecular formula is C10H11N2O4PS. The van der Waals surface area contributed by atoms with Gasteiger partial charge in [0, 0.05) is 11.1 Å². The summed E-state index contributed by atoms with van der Waals surface area (Å²) in [5, 5.41) is 6.06. The first-order valence-corrected chi connectivity index (χ1v) is 7.39. The molecular weight excluding hydrogens is 275 g/mol. The Morgan fingerprint density at radius 2 is 2.28 bits per heavy atom. The summed E-state index contributed by atoms with van der Waals surface area (Å²) in [6, 6.07) is 5.67. The zero-order valence-electron chi connectivity index (χ0n) is 9.21. The minimum atomic E-state index is -4.45. The molecule has 96 valence electrons. The summed E-state index contributed by atoms with van der Waals surface area (Å²) in [4.78, 5) is 18.2. The fourth-order valence-corrected chi connectivity index (χ4v) is 2.11. The first kappa shape index (κ1) is 13.2. The van der Waals surface area contributed by atoms with Crippen molar-refractivity contribution < 1.29 is 18.9 Å². The summed E-state index contributed by atoms with van der Waals surface area (Å²) in [6.45, 7) is -0.281. The molecule has 2 N–H and O–H groups in total. The number of thiophene rings is 1. The van der Waals surface area contributed by atoms with Gasteiger partial charge in [-0.15, -0.1) is 11.3 Å². The van der Waals surface area contributed by atoms with Crippen LogP contribution in [0.5, 0.6) is 0 Å². The second-order valence-electron chi connectivity index (χ2n) is 3.38. The molecule has 0 amide bonds. The van der Waals surface area contributed by atoms with E-state index in [1.54, 1.807) is 23.6 Å². The van der Waals surface area contributed by atoms with Crippen molar-refractivity contribution in [2.75, 3.05) is 0 Å². The molecule has 2 aromatic rings. The molecule has 0 spiro atoms. The predicted molar refractivity (Wildman–Crippen MR) is 68.6 cm³/mol. The zero-order chi connectivity index (χ0) is 13.0. The summed E-state index contributed by atoms with van der Waals surface area (Å²) in [7, 11) is -4.45. The summed E-state index contributed by atoms with van der Waals surface area (Å²) >= 11 is 1.61. The zero-order valence-corrected chi connectivity index (χ0v) is 10.9. The van der Waals surface area contributed by atoms with Crippen LogP contribution < -0.4 is 0 Å². The molecule has 0 atom stereocenters.